The van der Waals surface area contributed by atoms with Gasteiger partial charge < -0.3 is 14.8 Å². The summed E-state index contributed by atoms with van der Waals surface area (Å²) in [5.74, 6) is -1.15. The van der Waals surface area contributed by atoms with Crippen molar-refractivity contribution in [2.24, 2.45) is 0 Å². The molecule has 0 spiro atoms. The molecule has 0 aliphatic carbocycles. The Hall–Kier alpha value is -3.13. The molecule has 0 aliphatic rings. The molecule has 0 atom stereocenters. The van der Waals surface area contributed by atoms with Gasteiger partial charge in [-0.25, -0.2) is 4.79 Å². The van der Waals surface area contributed by atoms with Crippen molar-refractivity contribution in [3.05, 3.63) is 63.2 Å². The fourth-order valence-corrected chi connectivity index (χ4v) is 2.25. The van der Waals surface area contributed by atoms with E-state index >= 15 is 0 Å². The van der Waals surface area contributed by atoms with Crippen molar-refractivity contribution in [1.82, 2.24) is 0 Å². The molecule has 0 saturated heterocycles. The number of carbonyl (C=O) groups excluding carboxylic acids is 2. The normalized spacial score (nSPS) is 10.1. The van der Waals surface area contributed by atoms with Crippen LogP contribution in [0, 0.1) is 10.1 Å². The molecule has 2 rings (SSSR count). The molecule has 0 radical (unpaired) electrons. The lowest BCUT2D eigenvalue weighted by Gasteiger charge is -2.10. The second-order valence-electron chi connectivity index (χ2n) is 4.97. The van der Waals surface area contributed by atoms with Crippen LogP contribution < -0.4 is 10.1 Å². The van der Waals surface area contributed by atoms with Crippen molar-refractivity contribution in [2.45, 2.75) is 6.92 Å². The molecule has 1 N–H and O–H groups in total. The molecular formula is C17H15ClN2O6. The smallest absolute Gasteiger partial charge is 0.342 e. The Morgan fingerprint density at radius 3 is 2.65 bits per heavy atom. The van der Waals surface area contributed by atoms with Gasteiger partial charge in [0.05, 0.1) is 11.5 Å². The van der Waals surface area contributed by atoms with Gasteiger partial charge in [0.15, 0.2) is 6.61 Å². The summed E-state index contributed by atoms with van der Waals surface area (Å²) in [6.07, 6.45) is 0. The van der Waals surface area contributed by atoms with E-state index in [1.807, 2.05) is 0 Å². The fraction of sp³-hybridized carbons (Fsp3) is 0.176. The van der Waals surface area contributed by atoms with Crippen LogP contribution in [0.4, 0.5) is 11.4 Å². The monoisotopic (exact) mass is 378 g/mol. The highest BCUT2D eigenvalue weighted by molar-refractivity contribution is 6.31. The molecular weight excluding hydrogens is 364 g/mol. The Balaban J connectivity index is 2.03. The number of nitrogens with zero attached hydrogens (tertiary/aromatic N) is 1. The molecule has 0 aromatic heterocycles. The molecule has 0 unspecified atom stereocenters. The molecule has 0 heterocycles. The third-order valence-corrected chi connectivity index (χ3v) is 3.41. The lowest BCUT2D eigenvalue weighted by atomic mass is 10.2. The van der Waals surface area contributed by atoms with Gasteiger partial charge in [-0.05, 0) is 31.2 Å². The minimum atomic E-state index is -0.746. The molecule has 9 heteroatoms. The van der Waals surface area contributed by atoms with Gasteiger partial charge in [-0.2, -0.15) is 0 Å². The van der Waals surface area contributed by atoms with Crippen molar-refractivity contribution in [2.75, 3.05) is 18.5 Å². The van der Waals surface area contributed by atoms with Gasteiger partial charge in [-0.15, -0.1) is 0 Å². The number of halogens is 1. The Kier molecular flexibility index (Phi) is 6.51. The lowest BCUT2D eigenvalue weighted by molar-refractivity contribution is -0.383. The molecule has 0 saturated carbocycles. The standard InChI is InChI=1S/C17H15ClN2O6/c1-2-25-15-6-4-3-5-12(15)17(22)26-10-16(21)19-13-9-11(18)7-8-14(13)20(23)24/h3-9H,2,10H2,1H3,(H,19,21). The van der Waals surface area contributed by atoms with E-state index in [-0.39, 0.29) is 22.0 Å². The first-order chi connectivity index (χ1) is 12.4. The van der Waals surface area contributed by atoms with E-state index in [0.717, 1.165) is 0 Å². The molecule has 8 nitrogen and oxygen atoms in total. The third-order valence-electron chi connectivity index (χ3n) is 3.17. The van der Waals surface area contributed by atoms with Gasteiger partial charge in [0.2, 0.25) is 0 Å². The maximum absolute atomic E-state index is 12.1. The zero-order valence-corrected chi connectivity index (χ0v) is 14.5. The van der Waals surface area contributed by atoms with Crippen molar-refractivity contribution in [3.8, 4) is 5.75 Å². The lowest BCUT2D eigenvalue weighted by Crippen LogP contribution is -2.21. The first-order valence-electron chi connectivity index (χ1n) is 7.55. The summed E-state index contributed by atoms with van der Waals surface area (Å²) in [5.41, 5.74) is -0.232. The number of nitro benzene ring substituents is 1. The van der Waals surface area contributed by atoms with Gasteiger partial charge in [0, 0.05) is 11.1 Å². The van der Waals surface area contributed by atoms with Crippen LogP contribution in [0.25, 0.3) is 0 Å². The van der Waals surface area contributed by atoms with E-state index in [4.69, 9.17) is 21.1 Å². The average Bonchev–Trinajstić information content (AvgIpc) is 2.60. The fourth-order valence-electron chi connectivity index (χ4n) is 2.08. The van der Waals surface area contributed by atoms with Crippen LogP contribution >= 0.6 is 11.6 Å². The Morgan fingerprint density at radius 1 is 1.23 bits per heavy atom. The molecule has 0 fully saturated rings. The quantitative estimate of drug-likeness (QED) is 0.449. The van der Waals surface area contributed by atoms with Crippen LogP contribution in [-0.4, -0.2) is 30.0 Å². The van der Waals surface area contributed by atoms with Gasteiger partial charge in [-0.1, -0.05) is 23.7 Å². The number of nitrogens with one attached hydrogen (secondary N) is 1. The number of hydrogen-bond acceptors (Lipinski definition) is 6. The minimum Gasteiger partial charge on any atom is -0.493 e. The summed E-state index contributed by atoms with van der Waals surface area (Å²) in [5, 5.41) is 13.5. The average molecular weight is 379 g/mol. The van der Waals surface area contributed by atoms with E-state index < -0.39 is 23.4 Å². The van der Waals surface area contributed by atoms with E-state index in [1.165, 1.54) is 24.3 Å². The minimum absolute atomic E-state index is 0.0849. The largest absolute Gasteiger partial charge is 0.493 e. The van der Waals surface area contributed by atoms with Crippen LogP contribution in [0.1, 0.15) is 17.3 Å². The highest BCUT2D eigenvalue weighted by Crippen LogP contribution is 2.27. The molecule has 26 heavy (non-hydrogen) atoms. The summed E-state index contributed by atoms with van der Waals surface area (Å²) >= 11 is 5.79. The van der Waals surface area contributed by atoms with Crippen molar-refractivity contribution in [1.29, 1.82) is 0 Å². The highest BCUT2D eigenvalue weighted by Gasteiger charge is 2.18. The van der Waals surface area contributed by atoms with Gasteiger partial charge in [-0.3, -0.25) is 14.9 Å². The molecule has 0 aliphatic heterocycles. The predicted octanol–water partition coefficient (Wildman–Crippen LogP) is 3.44. The second kappa shape index (κ2) is 8.82. The number of hydrogen-bond donors (Lipinski definition) is 1. The van der Waals surface area contributed by atoms with Gasteiger partial charge in [0.25, 0.3) is 11.6 Å². The number of amides is 1. The summed E-state index contributed by atoms with van der Waals surface area (Å²) in [6.45, 7) is 1.51. The maximum Gasteiger partial charge on any atom is 0.342 e. The number of ether oxygens (including phenoxy) is 2. The topological polar surface area (TPSA) is 108 Å². The first kappa shape index (κ1) is 19.2. The molecule has 2 aromatic carbocycles. The zero-order valence-electron chi connectivity index (χ0n) is 13.7. The van der Waals surface area contributed by atoms with Crippen LogP contribution in [0.15, 0.2) is 42.5 Å². The van der Waals surface area contributed by atoms with E-state index in [1.54, 1.807) is 25.1 Å². The predicted molar refractivity (Wildman–Crippen MR) is 94.6 cm³/mol. The van der Waals surface area contributed by atoms with Crippen molar-refractivity contribution in [3.63, 3.8) is 0 Å². The Bertz CT molecular complexity index is 840. The molecule has 136 valence electrons. The summed E-state index contributed by atoms with van der Waals surface area (Å²) in [6, 6.07) is 10.2. The second-order valence-corrected chi connectivity index (χ2v) is 5.41. The van der Waals surface area contributed by atoms with Gasteiger partial charge >= 0.3 is 5.97 Å². The van der Waals surface area contributed by atoms with Crippen molar-refractivity contribution < 1.29 is 24.0 Å². The number of nitro groups is 1. The van der Waals surface area contributed by atoms with Gasteiger partial charge in [0.1, 0.15) is 17.0 Å². The third kappa shape index (κ3) is 4.93. The van der Waals surface area contributed by atoms with E-state index in [9.17, 15) is 19.7 Å². The van der Waals surface area contributed by atoms with Crippen LogP contribution in [0.2, 0.25) is 5.02 Å². The van der Waals surface area contributed by atoms with Crippen LogP contribution in [0.5, 0.6) is 5.75 Å². The number of anilines is 1. The SMILES string of the molecule is CCOc1ccccc1C(=O)OCC(=O)Nc1cc(Cl)ccc1[N+](=O)[O-]. The molecule has 2 aromatic rings. The number of carbonyl (C=O) groups is 2. The summed E-state index contributed by atoms with van der Waals surface area (Å²) in [7, 11) is 0. The van der Waals surface area contributed by atoms with Crippen LogP contribution in [-0.2, 0) is 9.53 Å². The first-order valence-corrected chi connectivity index (χ1v) is 7.93. The van der Waals surface area contributed by atoms with Crippen LogP contribution in [0.3, 0.4) is 0 Å². The number of esters is 1. The summed E-state index contributed by atoms with van der Waals surface area (Å²) < 4.78 is 10.3. The summed E-state index contributed by atoms with van der Waals surface area (Å²) in [4.78, 5) is 34.4. The number of rotatable bonds is 7. The highest BCUT2D eigenvalue weighted by atomic mass is 35.5. The number of para-hydroxylation sites is 1. The van der Waals surface area contributed by atoms with E-state index in [2.05, 4.69) is 5.32 Å². The van der Waals surface area contributed by atoms with Crippen molar-refractivity contribution >= 4 is 34.9 Å². The molecule has 0 bridgehead atoms. The maximum atomic E-state index is 12.1. The number of benzene rings is 2. The Labute approximate surface area is 153 Å². The Morgan fingerprint density at radius 2 is 1.96 bits per heavy atom. The zero-order chi connectivity index (χ0) is 19.1. The molecule has 1 amide bonds. The van der Waals surface area contributed by atoms with E-state index in [0.29, 0.717) is 12.4 Å².